The van der Waals surface area contributed by atoms with Crippen molar-refractivity contribution in [2.75, 3.05) is 52.9 Å². The second-order valence-electron chi connectivity index (χ2n) is 5.93. The third-order valence-electron chi connectivity index (χ3n) is 4.21. The van der Waals surface area contributed by atoms with Crippen LogP contribution >= 0.6 is 0 Å². The molecule has 140 valence electrons. The van der Waals surface area contributed by atoms with Gasteiger partial charge in [0.2, 0.25) is 5.75 Å². The van der Waals surface area contributed by atoms with Gasteiger partial charge in [0, 0.05) is 18.7 Å². The molecule has 0 spiro atoms. The quantitative estimate of drug-likeness (QED) is 0.725. The van der Waals surface area contributed by atoms with Gasteiger partial charge in [0.05, 0.1) is 33.6 Å². The lowest BCUT2D eigenvalue weighted by atomic mass is 10.1. The van der Waals surface area contributed by atoms with Gasteiger partial charge < -0.3 is 23.8 Å². The Labute approximate surface area is 149 Å². The van der Waals surface area contributed by atoms with Crippen LogP contribution in [0.1, 0.15) is 25.7 Å². The number of carbonyl (C=O) groups excluding carboxylic acids is 1. The van der Waals surface area contributed by atoms with E-state index in [0.717, 1.165) is 26.1 Å². The summed E-state index contributed by atoms with van der Waals surface area (Å²) in [6, 6.07) is 3.33. The van der Waals surface area contributed by atoms with Crippen LogP contribution in [0.2, 0.25) is 0 Å². The zero-order valence-corrected chi connectivity index (χ0v) is 15.3. The maximum atomic E-state index is 12.0. The topological polar surface area (TPSA) is 69.3 Å². The molecular formula is C18H28N2O5. The first-order chi connectivity index (χ1) is 12.2. The van der Waals surface area contributed by atoms with E-state index >= 15 is 0 Å². The number of hydrogen-bond donors (Lipinski definition) is 1. The Morgan fingerprint density at radius 1 is 1.04 bits per heavy atom. The second-order valence-corrected chi connectivity index (χ2v) is 5.93. The van der Waals surface area contributed by atoms with Crippen molar-refractivity contribution < 1.29 is 23.7 Å². The van der Waals surface area contributed by atoms with Gasteiger partial charge in [0.1, 0.15) is 0 Å². The lowest BCUT2D eigenvalue weighted by molar-refractivity contribution is 0.148. The average molecular weight is 352 g/mol. The van der Waals surface area contributed by atoms with Crippen LogP contribution in [0, 0.1) is 0 Å². The highest BCUT2D eigenvalue weighted by atomic mass is 16.5. The average Bonchev–Trinajstić information content (AvgIpc) is 2.65. The minimum atomic E-state index is -0.493. The van der Waals surface area contributed by atoms with E-state index < -0.39 is 6.09 Å². The molecule has 1 N–H and O–H groups in total. The summed E-state index contributed by atoms with van der Waals surface area (Å²) in [7, 11) is 4.59. The molecular weight excluding hydrogens is 324 g/mol. The van der Waals surface area contributed by atoms with Crippen molar-refractivity contribution in [1.29, 1.82) is 0 Å². The van der Waals surface area contributed by atoms with Crippen molar-refractivity contribution in [3.05, 3.63) is 12.1 Å². The Hall–Kier alpha value is -2.15. The predicted molar refractivity (Wildman–Crippen MR) is 96.0 cm³/mol. The minimum absolute atomic E-state index is 0.396. The zero-order valence-electron chi connectivity index (χ0n) is 15.3. The van der Waals surface area contributed by atoms with E-state index in [-0.39, 0.29) is 0 Å². The number of nitrogens with one attached hydrogen (secondary N) is 1. The molecule has 0 atom stereocenters. The third-order valence-corrected chi connectivity index (χ3v) is 4.21. The Bertz CT molecular complexity index is 533. The highest BCUT2D eigenvalue weighted by Gasteiger charge is 2.15. The van der Waals surface area contributed by atoms with Crippen molar-refractivity contribution in [3.63, 3.8) is 0 Å². The van der Waals surface area contributed by atoms with Gasteiger partial charge in [-0.2, -0.15) is 0 Å². The van der Waals surface area contributed by atoms with Gasteiger partial charge in [-0.25, -0.2) is 4.79 Å². The predicted octanol–water partition coefficient (Wildman–Crippen LogP) is 3.14. The van der Waals surface area contributed by atoms with E-state index in [0.29, 0.717) is 29.5 Å². The molecule has 1 aliphatic heterocycles. The molecule has 7 nitrogen and oxygen atoms in total. The summed E-state index contributed by atoms with van der Waals surface area (Å²) in [5.74, 6) is 1.43. The summed E-state index contributed by atoms with van der Waals surface area (Å²) < 4.78 is 21.0. The first-order valence-electron chi connectivity index (χ1n) is 8.64. The lowest BCUT2D eigenvalue weighted by Gasteiger charge is -2.26. The zero-order chi connectivity index (χ0) is 18.1. The molecule has 25 heavy (non-hydrogen) atoms. The van der Waals surface area contributed by atoms with Crippen molar-refractivity contribution in [3.8, 4) is 17.2 Å². The number of nitrogens with zero attached hydrogens (tertiary/aromatic N) is 1. The van der Waals surface area contributed by atoms with Crippen LogP contribution in [0.4, 0.5) is 10.5 Å². The standard InChI is InChI=1S/C18H28N2O5/c1-22-15-12-14(13-16(23-2)17(15)24-3)19-18(21)25-11-7-10-20-8-5-4-6-9-20/h12-13H,4-11H2,1-3H3,(H,19,21). The van der Waals surface area contributed by atoms with Gasteiger partial charge in [-0.1, -0.05) is 6.42 Å². The summed E-state index contributed by atoms with van der Waals surface area (Å²) in [5, 5.41) is 2.69. The molecule has 0 unspecified atom stereocenters. The molecule has 1 fully saturated rings. The summed E-state index contributed by atoms with van der Waals surface area (Å²) in [6.45, 7) is 3.67. The van der Waals surface area contributed by atoms with E-state index in [1.54, 1.807) is 12.1 Å². The number of piperidine rings is 1. The van der Waals surface area contributed by atoms with Crippen LogP contribution in [-0.4, -0.2) is 58.6 Å². The molecule has 1 aromatic rings. The molecule has 1 amide bonds. The summed E-state index contributed by atoms with van der Waals surface area (Å²) in [5.41, 5.74) is 0.524. The van der Waals surface area contributed by atoms with Crippen LogP contribution in [0.3, 0.4) is 0 Å². The van der Waals surface area contributed by atoms with Crippen LogP contribution in [0.15, 0.2) is 12.1 Å². The van der Waals surface area contributed by atoms with Gasteiger partial charge in [-0.3, -0.25) is 5.32 Å². The SMILES string of the molecule is COc1cc(NC(=O)OCCCN2CCCCC2)cc(OC)c1OC. The minimum Gasteiger partial charge on any atom is -0.493 e. The fraction of sp³-hybridized carbons (Fsp3) is 0.611. The Morgan fingerprint density at radius 2 is 1.68 bits per heavy atom. The number of benzene rings is 1. The molecule has 0 aliphatic carbocycles. The first-order valence-corrected chi connectivity index (χ1v) is 8.64. The number of hydrogen-bond acceptors (Lipinski definition) is 6. The van der Waals surface area contributed by atoms with Gasteiger partial charge in [0.25, 0.3) is 0 Å². The van der Waals surface area contributed by atoms with Crippen LogP contribution in [0.25, 0.3) is 0 Å². The summed E-state index contributed by atoms with van der Waals surface area (Å²) in [6.07, 6.45) is 4.20. The van der Waals surface area contributed by atoms with Crippen molar-refractivity contribution in [1.82, 2.24) is 4.90 Å². The Balaban J connectivity index is 1.81. The monoisotopic (exact) mass is 352 g/mol. The summed E-state index contributed by atoms with van der Waals surface area (Å²) >= 11 is 0. The smallest absolute Gasteiger partial charge is 0.411 e. The van der Waals surface area contributed by atoms with Gasteiger partial charge >= 0.3 is 6.09 Å². The number of amides is 1. The third kappa shape index (κ3) is 5.70. The molecule has 1 aromatic carbocycles. The van der Waals surface area contributed by atoms with E-state index in [1.165, 1.54) is 40.6 Å². The van der Waals surface area contributed by atoms with E-state index in [2.05, 4.69) is 10.2 Å². The largest absolute Gasteiger partial charge is 0.493 e. The highest BCUT2D eigenvalue weighted by Crippen LogP contribution is 2.39. The van der Waals surface area contributed by atoms with E-state index in [9.17, 15) is 4.79 Å². The maximum absolute atomic E-state index is 12.0. The molecule has 0 saturated carbocycles. The van der Waals surface area contributed by atoms with Crippen molar-refractivity contribution in [2.45, 2.75) is 25.7 Å². The number of carbonyl (C=O) groups is 1. The van der Waals surface area contributed by atoms with Crippen LogP contribution in [-0.2, 0) is 4.74 Å². The van der Waals surface area contributed by atoms with E-state index in [4.69, 9.17) is 18.9 Å². The van der Waals surface area contributed by atoms with Crippen molar-refractivity contribution in [2.24, 2.45) is 0 Å². The molecule has 1 saturated heterocycles. The van der Waals surface area contributed by atoms with Crippen LogP contribution < -0.4 is 19.5 Å². The molecule has 0 aromatic heterocycles. The number of rotatable bonds is 8. The van der Waals surface area contributed by atoms with Crippen LogP contribution in [0.5, 0.6) is 17.2 Å². The number of ether oxygens (including phenoxy) is 4. The lowest BCUT2D eigenvalue weighted by Crippen LogP contribution is -2.31. The molecule has 1 heterocycles. The fourth-order valence-electron chi connectivity index (χ4n) is 2.94. The maximum Gasteiger partial charge on any atom is 0.411 e. The van der Waals surface area contributed by atoms with Gasteiger partial charge in [-0.15, -0.1) is 0 Å². The number of anilines is 1. The molecule has 0 radical (unpaired) electrons. The molecule has 0 bridgehead atoms. The second kappa shape index (κ2) is 9.98. The normalized spacial score (nSPS) is 14.7. The summed E-state index contributed by atoms with van der Waals surface area (Å²) in [4.78, 5) is 14.4. The van der Waals surface area contributed by atoms with Gasteiger partial charge in [0.15, 0.2) is 11.5 Å². The van der Waals surface area contributed by atoms with Gasteiger partial charge in [-0.05, 0) is 32.4 Å². The molecule has 2 rings (SSSR count). The molecule has 1 aliphatic rings. The highest BCUT2D eigenvalue weighted by molar-refractivity contribution is 5.85. The Kier molecular flexibility index (Phi) is 7.66. The fourth-order valence-corrected chi connectivity index (χ4v) is 2.94. The van der Waals surface area contributed by atoms with E-state index in [1.807, 2.05) is 0 Å². The number of methoxy groups -OCH3 is 3. The molecule has 7 heteroatoms. The number of likely N-dealkylation sites (tertiary alicyclic amines) is 1. The Morgan fingerprint density at radius 3 is 2.24 bits per heavy atom. The first kappa shape index (κ1) is 19.2. The van der Waals surface area contributed by atoms with Crippen molar-refractivity contribution >= 4 is 11.8 Å².